The molecule has 0 aromatic rings. The summed E-state index contributed by atoms with van der Waals surface area (Å²) in [5.41, 5.74) is 0. The third kappa shape index (κ3) is 3.58. The van der Waals surface area contributed by atoms with Gasteiger partial charge in [-0.25, -0.2) is 0 Å². The molecule has 2 heterocycles. The first kappa shape index (κ1) is 19.9. The van der Waals surface area contributed by atoms with Crippen molar-refractivity contribution in [2.75, 3.05) is 18.4 Å². The van der Waals surface area contributed by atoms with Crippen LogP contribution in [0.2, 0.25) is 0 Å². The smallest absolute Gasteiger partial charge is 0.214 e. The maximum absolute atomic E-state index is 10.1. The van der Waals surface area contributed by atoms with Crippen LogP contribution in [0.4, 0.5) is 0 Å². The Labute approximate surface area is 147 Å². The number of ether oxygens (including phenoxy) is 3. The highest BCUT2D eigenvalue weighted by Gasteiger charge is 2.58. The van der Waals surface area contributed by atoms with Crippen molar-refractivity contribution in [1.82, 2.24) is 0 Å². The standard InChI is InChI=1S/C12H19Cl3O8/c13-1-4-7(17)10(20)12(3-14,22-4)23-11-9(19)8(18)6(15)5(2-16)21-11/h4-11,16-20H,1-3H2/t4-,5?,6+,7?,8?,9+,10-,11+,12+/m1/s1. The summed E-state index contributed by atoms with van der Waals surface area (Å²) in [7, 11) is 0. The van der Waals surface area contributed by atoms with Gasteiger partial charge in [0.1, 0.15) is 36.6 Å². The third-order valence-corrected chi connectivity index (χ3v) is 5.17. The van der Waals surface area contributed by atoms with E-state index in [1.807, 2.05) is 0 Å². The fourth-order valence-electron chi connectivity index (χ4n) is 2.56. The Morgan fingerprint density at radius 2 is 1.65 bits per heavy atom. The zero-order valence-electron chi connectivity index (χ0n) is 11.8. The van der Waals surface area contributed by atoms with Gasteiger partial charge in [-0.3, -0.25) is 0 Å². The molecule has 3 unspecified atom stereocenters. The number of aliphatic hydroxyl groups is 5. The number of alkyl halides is 3. The highest BCUT2D eigenvalue weighted by molar-refractivity contribution is 6.21. The number of hydrogen-bond donors (Lipinski definition) is 5. The Morgan fingerprint density at radius 1 is 1.00 bits per heavy atom. The fraction of sp³-hybridized carbons (Fsp3) is 1.00. The van der Waals surface area contributed by atoms with E-state index in [1.54, 1.807) is 0 Å². The molecular weight excluding hydrogens is 378 g/mol. The summed E-state index contributed by atoms with van der Waals surface area (Å²) in [6, 6.07) is 0. The first-order valence-corrected chi connectivity index (χ1v) is 8.42. The van der Waals surface area contributed by atoms with Crippen LogP contribution in [0.25, 0.3) is 0 Å². The lowest BCUT2D eigenvalue weighted by Gasteiger charge is -2.43. The van der Waals surface area contributed by atoms with Crippen LogP contribution in [-0.4, -0.2) is 98.0 Å². The van der Waals surface area contributed by atoms with Crippen LogP contribution < -0.4 is 0 Å². The van der Waals surface area contributed by atoms with Gasteiger partial charge in [0, 0.05) is 0 Å². The molecule has 0 spiro atoms. The summed E-state index contributed by atoms with van der Waals surface area (Å²) >= 11 is 17.3. The van der Waals surface area contributed by atoms with Gasteiger partial charge in [0.2, 0.25) is 5.79 Å². The Morgan fingerprint density at radius 3 is 2.13 bits per heavy atom. The molecule has 136 valence electrons. The molecule has 2 aliphatic rings. The largest absolute Gasteiger partial charge is 0.394 e. The normalized spacial score (nSPS) is 51.1. The van der Waals surface area contributed by atoms with Crippen LogP contribution in [0.5, 0.6) is 0 Å². The maximum Gasteiger partial charge on any atom is 0.214 e. The number of rotatable bonds is 5. The van der Waals surface area contributed by atoms with Gasteiger partial charge in [-0.1, -0.05) is 0 Å². The quantitative estimate of drug-likeness (QED) is 0.349. The van der Waals surface area contributed by atoms with E-state index in [9.17, 15) is 25.5 Å². The van der Waals surface area contributed by atoms with E-state index < -0.39 is 66.6 Å². The summed E-state index contributed by atoms with van der Waals surface area (Å²) < 4.78 is 16.1. The third-order valence-electron chi connectivity index (χ3n) is 3.96. The number of aliphatic hydroxyl groups excluding tert-OH is 5. The molecular formula is C12H19Cl3O8. The molecule has 5 N–H and O–H groups in total. The van der Waals surface area contributed by atoms with Crippen molar-refractivity contribution in [2.24, 2.45) is 0 Å². The monoisotopic (exact) mass is 396 g/mol. The molecule has 2 aliphatic heterocycles. The van der Waals surface area contributed by atoms with Gasteiger partial charge in [-0.15, -0.1) is 34.8 Å². The van der Waals surface area contributed by atoms with Crippen LogP contribution in [0, 0.1) is 0 Å². The van der Waals surface area contributed by atoms with E-state index >= 15 is 0 Å². The summed E-state index contributed by atoms with van der Waals surface area (Å²) in [5.74, 6) is -2.43. The molecule has 11 heteroatoms. The van der Waals surface area contributed by atoms with E-state index in [4.69, 9.17) is 49.0 Å². The molecule has 9 atom stereocenters. The van der Waals surface area contributed by atoms with Crippen molar-refractivity contribution in [1.29, 1.82) is 0 Å². The van der Waals surface area contributed by atoms with Crippen LogP contribution in [0.1, 0.15) is 0 Å². The average Bonchev–Trinajstić information content (AvgIpc) is 2.80. The Kier molecular flexibility index (Phi) is 6.77. The molecule has 8 nitrogen and oxygen atoms in total. The van der Waals surface area contributed by atoms with Crippen LogP contribution in [0.3, 0.4) is 0 Å². The Hall–Kier alpha value is 0.550. The minimum absolute atomic E-state index is 0.125. The zero-order chi connectivity index (χ0) is 17.4. The average molecular weight is 398 g/mol. The molecule has 2 saturated heterocycles. The van der Waals surface area contributed by atoms with Crippen molar-refractivity contribution < 1.29 is 39.7 Å². The van der Waals surface area contributed by atoms with E-state index in [2.05, 4.69) is 0 Å². The Balaban J connectivity index is 2.18. The van der Waals surface area contributed by atoms with E-state index in [0.29, 0.717) is 0 Å². The van der Waals surface area contributed by atoms with E-state index in [-0.39, 0.29) is 5.88 Å². The zero-order valence-corrected chi connectivity index (χ0v) is 14.1. The van der Waals surface area contributed by atoms with Gasteiger partial charge in [0.05, 0.1) is 23.7 Å². The van der Waals surface area contributed by atoms with E-state index in [1.165, 1.54) is 0 Å². The van der Waals surface area contributed by atoms with Gasteiger partial charge >= 0.3 is 0 Å². The van der Waals surface area contributed by atoms with Crippen molar-refractivity contribution in [3.63, 3.8) is 0 Å². The number of hydrogen-bond acceptors (Lipinski definition) is 8. The van der Waals surface area contributed by atoms with Crippen molar-refractivity contribution >= 4 is 34.8 Å². The lowest BCUT2D eigenvalue weighted by atomic mass is 10.0. The van der Waals surface area contributed by atoms with E-state index in [0.717, 1.165) is 0 Å². The van der Waals surface area contributed by atoms with Crippen molar-refractivity contribution in [3.05, 3.63) is 0 Å². The van der Waals surface area contributed by atoms with Gasteiger partial charge in [-0.05, 0) is 0 Å². The molecule has 0 aliphatic carbocycles. The second-order valence-electron chi connectivity index (χ2n) is 5.46. The Bertz CT molecular complexity index is 403. The van der Waals surface area contributed by atoms with Gasteiger partial charge in [0.25, 0.3) is 0 Å². The van der Waals surface area contributed by atoms with Crippen LogP contribution in [-0.2, 0) is 14.2 Å². The van der Waals surface area contributed by atoms with Gasteiger partial charge in [-0.2, -0.15) is 0 Å². The fourth-order valence-corrected chi connectivity index (χ4v) is 3.37. The first-order valence-electron chi connectivity index (χ1n) is 6.91. The minimum atomic E-state index is -1.90. The maximum atomic E-state index is 10.1. The van der Waals surface area contributed by atoms with Crippen LogP contribution >= 0.6 is 34.8 Å². The lowest BCUT2D eigenvalue weighted by molar-refractivity contribution is -0.357. The van der Waals surface area contributed by atoms with Gasteiger partial charge in [0.15, 0.2) is 6.29 Å². The second kappa shape index (κ2) is 7.84. The summed E-state index contributed by atoms with van der Waals surface area (Å²) in [5, 5.41) is 48.1. The van der Waals surface area contributed by atoms with Gasteiger partial charge < -0.3 is 39.7 Å². The molecule has 0 bridgehead atoms. The topological polar surface area (TPSA) is 129 Å². The van der Waals surface area contributed by atoms with Crippen molar-refractivity contribution in [2.45, 2.75) is 54.1 Å². The first-order chi connectivity index (χ1) is 10.8. The minimum Gasteiger partial charge on any atom is -0.394 e. The highest BCUT2D eigenvalue weighted by atomic mass is 35.5. The second-order valence-corrected chi connectivity index (χ2v) is 6.54. The summed E-state index contributed by atoms with van der Waals surface area (Å²) in [6.07, 6.45) is -9.39. The molecule has 23 heavy (non-hydrogen) atoms. The predicted molar refractivity (Wildman–Crippen MR) is 79.5 cm³/mol. The van der Waals surface area contributed by atoms with Crippen molar-refractivity contribution in [3.8, 4) is 0 Å². The SMILES string of the molecule is OCC1O[C@@H](O[C@]2(CCl)O[C@H](CCl)C(O)[C@H]2O)[C@@H](O)C(O)[C@H]1Cl. The highest BCUT2D eigenvalue weighted by Crippen LogP contribution is 2.37. The molecule has 2 fully saturated rings. The predicted octanol–water partition coefficient (Wildman–Crippen LogP) is -1.66. The summed E-state index contributed by atoms with van der Waals surface area (Å²) in [4.78, 5) is 0. The number of halogens is 3. The van der Waals surface area contributed by atoms with Crippen LogP contribution in [0.15, 0.2) is 0 Å². The molecule has 0 saturated carbocycles. The molecule has 0 aromatic carbocycles. The molecule has 0 amide bonds. The molecule has 0 aromatic heterocycles. The lowest BCUT2D eigenvalue weighted by Crippen LogP contribution is -2.61. The molecule has 0 radical (unpaired) electrons. The summed E-state index contributed by atoms with van der Waals surface area (Å²) in [6.45, 7) is -0.526. The molecule has 2 rings (SSSR count).